The van der Waals surface area contributed by atoms with Crippen LogP contribution in [0, 0.1) is 6.92 Å². The van der Waals surface area contributed by atoms with Gasteiger partial charge >= 0.3 is 5.97 Å². The summed E-state index contributed by atoms with van der Waals surface area (Å²) in [7, 11) is 2.15. The van der Waals surface area contributed by atoms with Gasteiger partial charge in [-0.3, -0.25) is 9.67 Å². The first-order valence-electron chi connectivity index (χ1n) is 8.23. The van der Waals surface area contributed by atoms with Gasteiger partial charge in [0, 0.05) is 6.20 Å². The Morgan fingerprint density at radius 1 is 1.29 bits per heavy atom. The first-order chi connectivity index (χ1) is 11.6. The lowest BCUT2D eigenvalue weighted by atomic mass is 10.1. The molecule has 2 aromatic rings. The number of likely N-dealkylation sites (tertiary alicyclic amines) is 1. The van der Waals surface area contributed by atoms with E-state index in [-0.39, 0.29) is 5.56 Å². The summed E-state index contributed by atoms with van der Waals surface area (Å²) >= 11 is 0. The second kappa shape index (κ2) is 7.00. The van der Waals surface area contributed by atoms with E-state index in [4.69, 9.17) is 0 Å². The maximum atomic E-state index is 11.3. The summed E-state index contributed by atoms with van der Waals surface area (Å²) in [5, 5.41) is 17.0. The smallest absolute Gasteiger partial charge is 0.337 e. The van der Waals surface area contributed by atoms with Crippen molar-refractivity contribution in [1.82, 2.24) is 19.7 Å². The van der Waals surface area contributed by atoms with Crippen molar-refractivity contribution in [1.29, 1.82) is 0 Å². The molecule has 1 aliphatic rings. The van der Waals surface area contributed by atoms with Gasteiger partial charge in [-0.15, -0.1) is 0 Å². The standard InChI is InChI=1S/C17H23N5O2/c1-12-15(20-16-10-18-7-5-14(16)17(23)24)11-19-22(12)13-4-3-8-21(2)9-6-13/h5,7,10-11,13,20H,3-4,6,8-9H2,1-2H3,(H,23,24). The van der Waals surface area contributed by atoms with Crippen molar-refractivity contribution in [3.05, 3.63) is 35.9 Å². The fraction of sp³-hybridized carbons (Fsp3) is 0.471. The average Bonchev–Trinajstić information content (AvgIpc) is 2.78. The van der Waals surface area contributed by atoms with Gasteiger partial charge in [-0.2, -0.15) is 5.10 Å². The van der Waals surface area contributed by atoms with Crippen LogP contribution in [0.4, 0.5) is 11.4 Å². The zero-order chi connectivity index (χ0) is 17.1. The predicted octanol–water partition coefficient (Wildman–Crippen LogP) is 2.69. The molecule has 0 radical (unpaired) electrons. The van der Waals surface area contributed by atoms with E-state index in [0.29, 0.717) is 11.7 Å². The maximum Gasteiger partial charge on any atom is 0.337 e. The summed E-state index contributed by atoms with van der Waals surface area (Å²) in [5.41, 5.74) is 2.52. The largest absolute Gasteiger partial charge is 0.478 e. The van der Waals surface area contributed by atoms with Gasteiger partial charge in [-0.05, 0) is 52.4 Å². The molecule has 7 heteroatoms. The number of hydrogen-bond acceptors (Lipinski definition) is 5. The highest BCUT2D eigenvalue weighted by Gasteiger charge is 2.20. The minimum absolute atomic E-state index is 0.202. The Bertz CT molecular complexity index is 728. The van der Waals surface area contributed by atoms with Crippen LogP contribution in [-0.4, -0.2) is 50.9 Å². The van der Waals surface area contributed by atoms with E-state index >= 15 is 0 Å². The Morgan fingerprint density at radius 2 is 2.12 bits per heavy atom. The van der Waals surface area contributed by atoms with Gasteiger partial charge < -0.3 is 15.3 Å². The molecule has 3 heterocycles. The lowest BCUT2D eigenvalue weighted by Crippen LogP contribution is -2.19. The number of pyridine rings is 1. The second-order valence-electron chi connectivity index (χ2n) is 6.33. The van der Waals surface area contributed by atoms with E-state index in [0.717, 1.165) is 43.7 Å². The molecule has 1 fully saturated rings. The van der Waals surface area contributed by atoms with Crippen molar-refractivity contribution in [2.24, 2.45) is 0 Å². The van der Waals surface area contributed by atoms with Crippen LogP contribution in [0.15, 0.2) is 24.7 Å². The number of carboxylic acids is 1. The zero-order valence-corrected chi connectivity index (χ0v) is 14.1. The van der Waals surface area contributed by atoms with Crippen LogP contribution < -0.4 is 5.32 Å². The number of aromatic nitrogens is 3. The number of nitrogens with one attached hydrogen (secondary N) is 1. The highest BCUT2D eigenvalue weighted by molar-refractivity contribution is 5.94. The van der Waals surface area contributed by atoms with Gasteiger partial charge in [0.15, 0.2) is 0 Å². The Morgan fingerprint density at radius 3 is 2.92 bits per heavy atom. The van der Waals surface area contributed by atoms with Crippen LogP contribution in [0.5, 0.6) is 0 Å². The molecule has 2 aromatic heterocycles. The molecule has 0 aliphatic carbocycles. The molecule has 128 valence electrons. The van der Waals surface area contributed by atoms with Gasteiger partial charge in [-0.25, -0.2) is 4.79 Å². The third-order valence-corrected chi connectivity index (χ3v) is 4.63. The molecule has 0 saturated carbocycles. The first kappa shape index (κ1) is 16.4. The molecule has 0 aromatic carbocycles. The average molecular weight is 329 g/mol. The number of nitrogens with zero attached hydrogens (tertiary/aromatic N) is 4. The molecular weight excluding hydrogens is 306 g/mol. The Balaban J connectivity index is 1.82. The molecule has 0 spiro atoms. The lowest BCUT2D eigenvalue weighted by molar-refractivity contribution is 0.0698. The van der Waals surface area contributed by atoms with Crippen LogP contribution in [0.1, 0.15) is 41.4 Å². The Labute approximate surface area is 141 Å². The highest BCUT2D eigenvalue weighted by Crippen LogP contribution is 2.28. The predicted molar refractivity (Wildman–Crippen MR) is 91.8 cm³/mol. The lowest BCUT2D eigenvalue weighted by Gasteiger charge is -2.18. The third kappa shape index (κ3) is 3.41. The van der Waals surface area contributed by atoms with Gasteiger partial charge in [-0.1, -0.05) is 0 Å². The molecule has 7 nitrogen and oxygen atoms in total. The summed E-state index contributed by atoms with van der Waals surface area (Å²) in [5.74, 6) is -0.975. The van der Waals surface area contributed by atoms with E-state index in [2.05, 4.69) is 32.0 Å². The monoisotopic (exact) mass is 329 g/mol. The van der Waals surface area contributed by atoms with Crippen LogP contribution in [0.3, 0.4) is 0 Å². The molecule has 3 rings (SSSR count). The molecule has 0 amide bonds. The maximum absolute atomic E-state index is 11.3. The van der Waals surface area contributed by atoms with Crippen molar-refractivity contribution < 1.29 is 9.90 Å². The van der Waals surface area contributed by atoms with E-state index in [9.17, 15) is 9.90 Å². The Hall–Kier alpha value is -2.41. The number of rotatable bonds is 4. The fourth-order valence-electron chi connectivity index (χ4n) is 3.21. The minimum atomic E-state index is -0.975. The summed E-state index contributed by atoms with van der Waals surface area (Å²) in [6.07, 6.45) is 8.12. The van der Waals surface area contributed by atoms with E-state index in [1.807, 2.05) is 6.92 Å². The number of aromatic carboxylic acids is 1. The summed E-state index contributed by atoms with van der Waals surface area (Å²) < 4.78 is 2.07. The number of anilines is 2. The van der Waals surface area contributed by atoms with Gasteiger partial charge in [0.2, 0.25) is 0 Å². The van der Waals surface area contributed by atoms with Crippen molar-refractivity contribution in [2.45, 2.75) is 32.2 Å². The van der Waals surface area contributed by atoms with E-state index in [1.165, 1.54) is 18.5 Å². The summed E-state index contributed by atoms with van der Waals surface area (Å²) in [4.78, 5) is 17.7. The molecule has 24 heavy (non-hydrogen) atoms. The van der Waals surface area contributed by atoms with Crippen LogP contribution in [0.2, 0.25) is 0 Å². The molecule has 1 unspecified atom stereocenters. The van der Waals surface area contributed by atoms with Crippen LogP contribution >= 0.6 is 0 Å². The molecule has 2 N–H and O–H groups in total. The SMILES string of the molecule is Cc1c(Nc2cnccc2C(=O)O)cnn1C1CCCN(C)CC1. The van der Waals surface area contributed by atoms with Crippen molar-refractivity contribution >= 4 is 17.3 Å². The molecule has 1 atom stereocenters. The first-order valence-corrected chi connectivity index (χ1v) is 8.23. The molecule has 1 saturated heterocycles. The van der Waals surface area contributed by atoms with Gasteiger partial charge in [0.05, 0.1) is 41.1 Å². The third-order valence-electron chi connectivity index (χ3n) is 4.63. The molecule has 0 bridgehead atoms. The van der Waals surface area contributed by atoms with Crippen molar-refractivity contribution in [3.8, 4) is 0 Å². The fourth-order valence-corrected chi connectivity index (χ4v) is 3.21. The number of hydrogen-bond donors (Lipinski definition) is 2. The minimum Gasteiger partial charge on any atom is -0.478 e. The number of carboxylic acid groups (broad SMARTS) is 1. The topological polar surface area (TPSA) is 83.3 Å². The molecular formula is C17H23N5O2. The normalized spacial score (nSPS) is 19.0. The Kier molecular flexibility index (Phi) is 4.80. The van der Waals surface area contributed by atoms with Crippen molar-refractivity contribution in [2.75, 3.05) is 25.5 Å². The summed E-state index contributed by atoms with van der Waals surface area (Å²) in [6.45, 7) is 4.21. The van der Waals surface area contributed by atoms with E-state index in [1.54, 1.807) is 6.20 Å². The number of carbonyl (C=O) groups is 1. The molecule has 1 aliphatic heterocycles. The van der Waals surface area contributed by atoms with Gasteiger partial charge in [0.1, 0.15) is 0 Å². The van der Waals surface area contributed by atoms with Crippen LogP contribution in [0.25, 0.3) is 0 Å². The van der Waals surface area contributed by atoms with Gasteiger partial charge in [0.25, 0.3) is 0 Å². The quantitative estimate of drug-likeness (QED) is 0.897. The summed E-state index contributed by atoms with van der Waals surface area (Å²) in [6, 6.07) is 1.88. The van der Waals surface area contributed by atoms with Crippen LogP contribution in [-0.2, 0) is 0 Å². The second-order valence-corrected chi connectivity index (χ2v) is 6.33. The van der Waals surface area contributed by atoms with Crippen molar-refractivity contribution in [3.63, 3.8) is 0 Å². The highest BCUT2D eigenvalue weighted by atomic mass is 16.4. The van der Waals surface area contributed by atoms with E-state index < -0.39 is 5.97 Å². The zero-order valence-electron chi connectivity index (χ0n) is 14.1.